The molecule has 1 atom stereocenters. The molecule has 0 saturated carbocycles. The van der Waals surface area contributed by atoms with E-state index in [-0.39, 0.29) is 23.7 Å². The Bertz CT molecular complexity index is 379. The van der Waals surface area contributed by atoms with Crippen molar-refractivity contribution in [2.24, 2.45) is 5.92 Å². The summed E-state index contributed by atoms with van der Waals surface area (Å²) in [6, 6.07) is 5.92. The molecule has 1 N–H and O–H groups in total. The van der Waals surface area contributed by atoms with Gasteiger partial charge >= 0.3 is 5.97 Å². The number of halogens is 1. The highest BCUT2D eigenvalue weighted by molar-refractivity contribution is 5.75. The van der Waals surface area contributed by atoms with Gasteiger partial charge in [0, 0.05) is 6.54 Å². The second kappa shape index (κ2) is 6.35. The summed E-state index contributed by atoms with van der Waals surface area (Å²) in [4.78, 5) is 11.5. The SMILES string of the molecule is COC(=O)C(NCc1cccc(F)c1)C(C)C. The summed E-state index contributed by atoms with van der Waals surface area (Å²) in [5.74, 6) is -0.448. The van der Waals surface area contributed by atoms with Crippen molar-refractivity contribution in [3.8, 4) is 0 Å². The van der Waals surface area contributed by atoms with Gasteiger partial charge in [-0.2, -0.15) is 0 Å². The van der Waals surface area contributed by atoms with E-state index in [0.29, 0.717) is 6.54 Å². The fourth-order valence-electron chi connectivity index (χ4n) is 1.59. The van der Waals surface area contributed by atoms with Crippen molar-refractivity contribution >= 4 is 5.97 Å². The van der Waals surface area contributed by atoms with Gasteiger partial charge in [-0.25, -0.2) is 4.39 Å². The molecule has 0 aliphatic heterocycles. The van der Waals surface area contributed by atoms with Gasteiger partial charge < -0.3 is 10.1 Å². The number of ether oxygens (including phenoxy) is 1. The molecule has 0 amide bonds. The Balaban J connectivity index is 2.61. The predicted molar refractivity (Wildman–Crippen MR) is 63.9 cm³/mol. The van der Waals surface area contributed by atoms with Crippen molar-refractivity contribution in [1.29, 1.82) is 0 Å². The standard InChI is InChI=1S/C13H18FNO2/c1-9(2)12(13(16)17-3)15-8-10-5-4-6-11(14)7-10/h4-7,9,12,15H,8H2,1-3H3. The number of esters is 1. The van der Waals surface area contributed by atoms with Crippen LogP contribution in [0.1, 0.15) is 19.4 Å². The fraction of sp³-hybridized carbons (Fsp3) is 0.462. The molecule has 3 nitrogen and oxygen atoms in total. The number of rotatable bonds is 5. The van der Waals surface area contributed by atoms with E-state index in [1.54, 1.807) is 6.07 Å². The van der Waals surface area contributed by atoms with E-state index in [0.717, 1.165) is 5.56 Å². The Labute approximate surface area is 101 Å². The lowest BCUT2D eigenvalue weighted by Gasteiger charge is -2.19. The minimum absolute atomic E-state index is 0.121. The van der Waals surface area contributed by atoms with E-state index in [9.17, 15) is 9.18 Å². The molecule has 1 aromatic rings. The van der Waals surface area contributed by atoms with Crippen LogP contribution in [-0.2, 0) is 16.1 Å². The zero-order valence-electron chi connectivity index (χ0n) is 10.4. The van der Waals surface area contributed by atoms with Crippen molar-refractivity contribution in [3.05, 3.63) is 35.6 Å². The number of hydrogen-bond donors (Lipinski definition) is 1. The van der Waals surface area contributed by atoms with E-state index < -0.39 is 0 Å². The number of methoxy groups -OCH3 is 1. The summed E-state index contributed by atoms with van der Waals surface area (Å²) in [7, 11) is 1.36. The molecule has 1 aromatic carbocycles. The van der Waals surface area contributed by atoms with Gasteiger partial charge in [-0.3, -0.25) is 4.79 Å². The molecule has 0 aliphatic carbocycles. The molecular weight excluding hydrogens is 221 g/mol. The van der Waals surface area contributed by atoms with E-state index in [2.05, 4.69) is 5.32 Å². The second-order valence-electron chi connectivity index (χ2n) is 4.26. The van der Waals surface area contributed by atoms with Crippen LogP contribution in [0.2, 0.25) is 0 Å². The first-order valence-electron chi connectivity index (χ1n) is 5.60. The molecule has 17 heavy (non-hydrogen) atoms. The Kier molecular flexibility index (Phi) is 5.10. The second-order valence-corrected chi connectivity index (χ2v) is 4.26. The fourth-order valence-corrected chi connectivity index (χ4v) is 1.59. The third kappa shape index (κ3) is 4.15. The zero-order chi connectivity index (χ0) is 12.8. The molecule has 0 radical (unpaired) electrons. The number of benzene rings is 1. The topological polar surface area (TPSA) is 38.3 Å². The van der Waals surface area contributed by atoms with Crippen LogP contribution in [-0.4, -0.2) is 19.1 Å². The van der Waals surface area contributed by atoms with Gasteiger partial charge in [-0.05, 0) is 23.6 Å². The summed E-state index contributed by atoms with van der Waals surface area (Å²) in [6.07, 6.45) is 0. The predicted octanol–water partition coefficient (Wildman–Crippen LogP) is 2.11. The van der Waals surface area contributed by atoms with Crippen LogP contribution in [0.3, 0.4) is 0 Å². The number of nitrogens with one attached hydrogen (secondary N) is 1. The van der Waals surface area contributed by atoms with Crippen LogP contribution in [0, 0.1) is 11.7 Å². The summed E-state index contributed by atoms with van der Waals surface area (Å²) >= 11 is 0. The molecule has 0 heterocycles. The lowest BCUT2D eigenvalue weighted by Crippen LogP contribution is -2.41. The van der Waals surface area contributed by atoms with Crippen molar-refractivity contribution in [2.45, 2.75) is 26.4 Å². The normalized spacial score (nSPS) is 12.5. The van der Waals surface area contributed by atoms with Gasteiger partial charge in [0.05, 0.1) is 7.11 Å². The minimum Gasteiger partial charge on any atom is -0.468 e. The van der Waals surface area contributed by atoms with Gasteiger partial charge in [0.2, 0.25) is 0 Å². The highest BCUT2D eigenvalue weighted by Gasteiger charge is 2.21. The Morgan fingerprint density at radius 2 is 2.18 bits per heavy atom. The van der Waals surface area contributed by atoms with Crippen molar-refractivity contribution in [2.75, 3.05) is 7.11 Å². The van der Waals surface area contributed by atoms with Crippen LogP contribution in [0.4, 0.5) is 4.39 Å². The molecule has 0 bridgehead atoms. The van der Waals surface area contributed by atoms with Crippen LogP contribution < -0.4 is 5.32 Å². The highest BCUT2D eigenvalue weighted by Crippen LogP contribution is 2.07. The molecule has 1 rings (SSSR count). The Morgan fingerprint density at radius 1 is 1.47 bits per heavy atom. The molecule has 4 heteroatoms. The lowest BCUT2D eigenvalue weighted by atomic mass is 10.0. The molecule has 1 unspecified atom stereocenters. The maximum atomic E-state index is 13.0. The number of carbonyl (C=O) groups is 1. The van der Waals surface area contributed by atoms with Gasteiger partial charge in [0.15, 0.2) is 0 Å². The van der Waals surface area contributed by atoms with Gasteiger partial charge in [0.25, 0.3) is 0 Å². The molecule has 0 fully saturated rings. The average Bonchev–Trinajstić information content (AvgIpc) is 2.28. The first-order valence-corrected chi connectivity index (χ1v) is 5.60. The Morgan fingerprint density at radius 3 is 2.71 bits per heavy atom. The Hall–Kier alpha value is -1.42. The zero-order valence-corrected chi connectivity index (χ0v) is 10.4. The van der Waals surface area contributed by atoms with Crippen LogP contribution in [0.15, 0.2) is 24.3 Å². The summed E-state index contributed by atoms with van der Waals surface area (Å²) in [5, 5.41) is 3.07. The largest absolute Gasteiger partial charge is 0.468 e. The van der Waals surface area contributed by atoms with E-state index in [1.807, 2.05) is 19.9 Å². The quantitative estimate of drug-likeness (QED) is 0.800. The molecule has 0 aliphatic rings. The molecule has 0 saturated heterocycles. The van der Waals surface area contributed by atoms with Gasteiger partial charge in [-0.15, -0.1) is 0 Å². The van der Waals surface area contributed by atoms with E-state index in [4.69, 9.17) is 4.74 Å². The van der Waals surface area contributed by atoms with Crippen LogP contribution in [0.5, 0.6) is 0 Å². The summed E-state index contributed by atoms with van der Waals surface area (Å²) in [5.41, 5.74) is 0.805. The van der Waals surface area contributed by atoms with E-state index >= 15 is 0 Å². The maximum absolute atomic E-state index is 13.0. The first kappa shape index (κ1) is 13.6. The lowest BCUT2D eigenvalue weighted by molar-refractivity contribution is -0.144. The highest BCUT2D eigenvalue weighted by atomic mass is 19.1. The van der Waals surface area contributed by atoms with Crippen molar-refractivity contribution < 1.29 is 13.9 Å². The number of hydrogen-bond acceptors (Lipinski definition) is 3. The molecule has 0 aromatic heterocycles. The van der Waals surface area contributed by atoms with Crippen LogP contribution in [0.25, 0.3) is 0 Å². The van der Waals surface area contributed by atoms with Gasteiger partial charge in [-0.1, -0.05) is 26.0 Å². The van der Waals surface area contributed by atoms with E-state index in [1.165, 1.54) is 19.2 Å². The van der Waals surface area contributed by atoms with Crippen molar-refractivity contribution in [3.63, 3.8) is 0 Å². The third-order valence-electron chi connectivity index (χ3n) is 2.54. The third-order valence-corrected chi connectivity index (χ3v) is 2.54. The summed E-state index contributed by atoms with van der Waals surface area (Å²) < 4.78 is 17.7. The number of carbonyl (C=O) groups excluding carboxylic acids is 1. The first-order chi connectivity index (χ1) is 8.04. The molecule has 94 valence electrons. The van der Waals surface area contributed by atoms with Gasteiger partial charge in [0.1, 0.15) is 11.9 Å². The summed E-state index contributed by atoms with van der Waals surface area (Å²) in [6.45, 7) is 4.30. The van der Waals surface area contributed by atoms with Crippen molar-refractivity contribution in [1.82, 2.24) is 5.32 Å². The smallest absolute Gasteiger partial charge is 0.323 e. The maximum Gasteiger partial charge on any atom is 0.323 e. The molecular formula is C13H18FNO2. The van der Waals surface area contributed by atoms with Crippen LogP contribution >= 0.6 is 0 Å². The monoisotopic (exact) mass is 239 g/mol. The molecule has 0 spiro atoms. The minimum atomic E-state index is -0.372. The average molecular weight is 239 g/mol.